The molecule has 1 aliphatic carbocycles. The second-order valence-electron chi connectivity index (χ2n) is 8.22. The number of anilines is 3. The maximum Gasteiger partial charge on any atom is 0.340 e. The molecular formula is C25H21BrN2O5S. The van der Waals surface area contributed by atoms with Crippen molar-refractivity contribution in [3.05, 3.63) is 76.3 Å². The second kappa shape index (κ2) is 8.88. The van der Waals surface area contributed by atoms with E-state index in [1.165, 1.54) is 28.7 Å². The van der Waals surface area contributed by atoms with E-state index >= 15 is 0 Å². The molecule has 5 rings (SSSR count). The van der Waals surface area contributed by atoms with Crippen molar-refractivity contribution >= 4 is 54.9 Å². The summed E-state index contributed by atoms with van der Waals surface area (Å²) >= 11 is 3.23. The van der Waals surface area contributed by atoms with Gasteiger partial charge in [0.25, 0.3) is 0 Å². The average molecular weight is 541 g/mol. The predicted molar refractivity (Wildman–Crippen MR) is 132 cm³/mol. The standard InChI is InChI=1S/C25H21BrN2O5S/c26-20-7-3-4-8-22(20)34(31,32)33-18-12-10-17(11-13-18)28-21-14-9-16-5-1-2-6-19(16)25(21)27-23(29)15-24(28)30/h3-4,7-14H,1-2,5-6,15H2,(H,27,29). The van der Waals surface area contributed by atoms with Gasteiger partial charge >= 0.3 is 10.1 Å². The van der Waals surface area contributed by atoms with Gasteiger partial charge in [0.05, 0.1) is 11.4 Å². The van der Waals surface area contributed by atoms with Crippen LogP contribution in [0.5, 0.6) is 5.75 Å². The molecule has 1 heterocycles. The topological polar surface area (TPSA) is 92.8 Å². The number of benzene rings is 3. The molecule has 7 nitrogen and oxygen atoms in total. The summed E-state index contributed by atoms with van der Waals surface area (Å²) in [6.07, 6.45) is 3.65. The second-order valence-corrected chi connectivity index (χ2v) is 10.6. The summed E-state index contributed by atoms with van der Waals surface area (Å²) in [6.45, 7) is 0. The Bertz CT molecular complexity index is 1400. The van der Waals surface area contributed by atoms with Gasteiger partial charge in [-0.2, -0.15) is 8.42 Å². The lowest BCUT2D eigenvalue weighted by Crippen LogP contribution is -2.26. The molecule has 2 amide bonds. The minimum Gasteiger partial charge on any atom is -0.379 e. The lowest BCUT2D eigenvalue weighted by molar-refractivity contribution is -0.124. The molecule has 34 heavy (non-hydrogen) atoms. The van der Waals surface area contributed by atoms with Crippen molar-refractivity contribution in [1.29, 1.82) is 0 Å². The van der Waals surface area contributed by atoms with Crippen molar-refractivity contribution in [3.63, 3.8) is 0 Å². The Morgan fingerprint density at radius 3 is 2.41 bits per heavy atom. The van der Waals surface area contributed by atoms with Gasteiger partial charge in [0.15, 0.2) is 0 Å². The minimum absolute atomic E-state index is 0.0186. The van der Waals surface area contributed by atoms with Crippen LogP contribution in [0.1, 0.15) is 30.4 Å². The third kappa shape index (κ3) is 4.21. The smallest absolute Gasteiger partial charge is 0.340 e. The Hall–Kier alpha value is -3.17. The highest BCUT2D eigenvalue weighted by Crippen LogP contribution is 2.41. The lowest BCUT2D eigenvalue weighted by atomic mass is 9.89. The highest BCUT2D eigenvalue weighted by molar-refractivity contribution is 9.10. The summed E-state index contributed by atoms with van der Waals surface area (Å²) < 4.78 is 31.1. The van der Waals surface area contributed by atoms with Crippen LogP contribution in [0.4, 0.5) is 17.1 Å². The largest absolute Gasteiger partial charge is 0.379 e. The van der Waals surface area contributed by atoms with Crippen molar-refractivity contribution in [2.75, 3.05) is 10.2 Å². The van der Waals surface area contributed by atoms with Gasteiger partial charge in [-0.05, 0) is 95.2 Å². The number of nitrogens with zero attached hydrogens (tertiary/aromatic N) is 1. The molecule has 0 fully saturated rings. The molecule has 2 aliphatic rings. The van der Waals surface area contributed by atoms with Crippen LogP contribution in [0.3, 0.4) is 0 Å². The Labute approximate surface area is 206 Å². The van der Waals surface area contributed by atoms with Gasteiger partial charge in [0.1, 0.15) is 17.1 Å². The fraction of sp³-hybridized carbons (Fsp3) is 0.200. The fourth-order valence-corrected chi connectivity index (χ4v) is 6.31. The summed E-state index contributed by atoms with van der Waals surface area (Å²) in [4.78, 5) is 27.0. The Kier molecular flexibility index (Phi) is 5.91. The van der Waals surface area contributed by atoms with Crippen molar-refractivity contribution in [2.24, 2.45) is 0 Å². The molecule has 0 bridgehead atoms. The SMILES string of the molecule is O=C1CC(=O)N(c2ccc(OS(=O)(=O)c3ccccc3Br)cc2)c2ccc3c(c2N1)CCCC3. The number of nitrogens with one attached hydrogen (secondary N) is 1. The summed E-state index contributed by atoms with van der Waals surface area (Å²) in [5.41, 5.74) is 4.09. The van der Waals surface area contributed by atoms with Gasteiger partial charge < -0.3 is 9.50 Å². The van der Waals surface area contributed by atoms with Crippen LogP contribution in [0.15, 0.2) is 70.0 Å². The number of carbonyl (C=O) groups is 2. The first-order valence-electron chi connectivity index (χ1n) is 10.9. The van der Waals surface area contributed by atoms with Gasteiger partial charge in [-0.15, -0.1) is 0 Å². The molecule has 0 atom stereocenters. The number of aryl methyl sites for hydroxylation is 1. The zero-order valence-corrected chi connectivity index (χ0v) is 20.5. The number of fused-ring (bicyclic) bond motifs is 3. The molecule has 3 aromatic rings. The van der Waals surface area contributed by atoms with E-state index in [0.29, 0.717) is 21.5 Å². The van der Waals surface area contributed by atoms with Crippen molar-refractivity contribution in [1.82, 2.24) is 0 Å². The lowest BCUT2D eigenvalue weighted by Gasteiger charge is -2.26. The zero-order valence-electron chi connectivity index (χ0n) is 18.1. The summed E-state index contributed by atoms with van der Waals surface area (Å²) in [7, 11) is -4.05. The van der Waals surface area contributed by atoms with E-state index in [-0.39, 0.29) is 28.9 Å². The van der Waals surface area contributed by atoms with Crippen LogP contribution in [0.2, 0.25) is 0 Å². The van der Waals surface area contributed by atoms with Gasteiger partial charge in [-0.3, -0.25) is 14.5 Å². The van der Waals surface area contributed by atoms with E-state index in [1.54, 1.807) is 30.3 Å². The van der Waals surface area contributed by atoms with Crippen molar-refractivity contribution in [2.45, 2.75) is 37.0 Å². The van der Waals surface area contributed by atoms with Crippen molar-refractivity contribution < 1.29 is 22.2 Å². The van der Waals surface area contributed by atoms with Crippen LogP contribution >= 0.6 is 15.9 Å². The molecule has 0 aromatic heterocycles. The molecule has 174 valence electrons. The molecule has 1 aliphatic heterocycles. The quantitative estimate of drug-likeness (QED) is 0.367. The van der Waals surface area contributed by atoms with E-state index in [2.05, 4.69) is 21.2 Å². The van der Waals surface area contributed by atoms with Gasteiger partial charge in [0.2, 0.25) is 11.8 Å². The van der Waals surface area contributed by atoms with Crippen LogP contribution < -0.4 is 14.4 Å². The van der Waals surface area contributed by atoms with E-state index in [0.717, 1.165) is 31.2 Å². The number of hydrogen-bond acceptors (Lipinski definition) is 5. The van der Waals surface area contributed by atoms with E-state index in [4.69, 9.17) is 4.18 Å². The van der Waals surface area contributed by atoms with Gasteiger partial charge in [0, 0.05) is 10.2 Å². The molecule has 1 N–H and O–H groups in total. The molecule has 0 spiro atoms. The third-order valence-corrected chi connectivity index (χ3v) is 8.24. The number of amides is 2. The van der Waals surface area contributed by atoms with Crippen LogP contribution in [0.25, 0.3) is 0 Å². The number of rotatable bonds is 4. The highest BCUT2D eigenvalue weighted by atomic mass is 79.9. The molecule has 0 saturated carbocycles. The number of hydrogen-bond donors (Lipinski definition) is 1. The first-order valence-corrected chi connectivity index (χ1v) is 13.1. The van der Waals surface area contributed by atoms with Crippen molar-refractivity contribution in [3.8, 4) is 5.75 Å². The summed E-state index contributed by atoms with van der Waals surface area (Å²) in [5, 5.41) is 2.94. The number of carbonyl (C=O) groups excluding carboxylic acids is 2. The molecule has 3 aromatic carbocycles. The maximum atomic E-state index is 13.0. The molecule has 0 radical (unpaired) electrons. The average Bonchev–Trinajstić information content (AvgIpc) is 2.94. The summed E-state index contributed by atoms with van der Waals surface area (Å²) in [5.74, 6) is -0.588. The third-order valence-electron chi connectivity index (χ3n) is 5.98. The van der Waals surface area contributed by atoms with E-state index < -0.39 is 10.1 Å². The predicted octanol–water partition coefficient (Wildman–Crippen LogP) is 5.10. The first-order chi connectivity index (χ1) is 16.3. The minimum atomic E-state index is -4.05. The first kappa shape index (κ1) is 22.6. The molecular weight excluding hydrogens is 520 g/mol. The van der Waals surface area contributed by atoms with Crippen LogP contribution in [-0.4, -0.2) is 20.2 Å². The van der Waals surface area contributed by atoms with Crippen LogP contribution in [0, 0.1) is 0 Å². The van der Waals surface area contributed by atoms with Crippen LogP contribution in [-0.2, 0) is 32.5 Å². The van der Waals surface area contributed by atoms with Gasteiger partial charge in [-0.25, -0.2) is 0 Å². The molecule has 9 heteroatoms. The Morgan fingerprint density at radius 1 is 0.912 bits per heavy atom. The zero-order chi connectivity index (χ0) is 23.9. The number of halogens is 1. The monoisotopic (exact) mass is 540 g/mol. The van der Waals surface area contributed by atoms with E-state index in [1.807, 2.05) is 12.1 Å². The fourth-order valence-electron chi connectivity index (χ4n) is 4.43. The maximum absolute atomic E-state index is 13.0. The molecule has 0 saturated heterocycles. The van der Waals surface area contributed by atoms with Gasteiger partial charge in [-0.1, -0.05) is 18.2 Å². The Morgan fingerprint density at radius 2 is 1.65 bits per heavy atom. The Balaban J connectivity index is 1.49. The summed E-state index contributed by atoms with van der Waals surface area (Å²) in [6, 6.07) is 16.5. The normalized spacial score (nSPS) is 15.7. The highest BCUT2D eigenvalue weighted by Gasteiger charge is 2.30. The molecule has 0 unspecified atom stereocenters. The van der Waals surface area contributed by atoms with E-state index in [9.17, 15) is 18.0 Å².